The zero-order valence-corrected chi connectivity index (χ0v) is 15.8. The lowest BCUT2D eigenvalue weighted by atomic mass is 9.69. The number of nitrogens with zero attached hydrogens (tertiary/aromatic N) is 2. The molecule has 2 heteroatoms. The van der Waals surface area contributed by atoms with E-state index in [1.165, 1.54) is 28.2 Å². The van der Waals surface area contributed by atoms with Gasteiger partial charge in [-0.2, -0.15) is 0 Å². The lowest BCUT2D eigenvalue weighted by Crippen LogP contribution is -2.59. The van der Waals surface area contributed by atoms with E-state index < -0.39 is 0 Å². The molecule has 0 saturated heterocycles. The summed E-state index contributed by atoms with van der Waals surface area (Å²) in [5, 5.41) is 0. The molecule has 0 bridgehead atoms. The van der Waals surface area contributed by atoms with E-state index in [0.717, 1.165) is 6.67 Å². The van der Waals surface area contributed by atoms with E-state index in [1.54, 1.807) is 0 Å². The van der Waals surface area contributed by atoms with Crippen molar-refractivity contribution in [2.75, 3.05) is 16.5 Å². The number of anilines is 2. The van der Waals surface area contributed by atoms with Crippen LogP contribution in [0.2, 0.25) is 0 Å². The van der Waals surface area contributed by atoms with Gasteiger partial charge in [-0.3, -0.25) is 0 Å². The summed E-state index contributed by atoms with van der Waals surface area (Å²) < 4.78 is 0. The molecule has 0 spiro atoms. The van der Waals surface area contributed by atoms with Crippen LogP contribution in [0, 0.1) is 0 Å². The lowest BCUT2D eigenvalue weighted by Gasteiger charge is -2.50. The van der Waals surface area contributed by atoms with Gasteiger partial charge in [0.15, 0.2) is 0 Å². The van der Waals surface area contributed by atoms with Crippen molar-refractivity contribution in [2.24, 2.45) is 0 Å². The van der Waals surface area contributed by atoms with Crippen LogP contribution in [0.15, 0.2) is 60.3 Å². The average Bonchev–Trinajstić information content (AvgIpc) is 2.91. The molecule has 2 aromatic carbocycles. The number of fused-ring (bicyclic) bond motifs is 6. The molecule has 3 aliphatic heterocycles. The van der Waals surface area contributed by atoms with Crippen molar-refractivity contribution in [3.8, 4) is 0 Å². The van der Waals surface area contributed by atoms with Crippen molar-refractivity contribution in [1.29, 1.82) is 0 Å². The third-order valence-corrected chi connectivity index (χ3v) is 7.19. The Bertz CT molecular complexity index is 921. The van der Waals surface area contributed by atoms with Gasteiger partial charge in [-0.1, -0.05) is 64.1 Å². The summed E-state index contributed by atoms with van der Waals surface area (Å²) in [4.78, 5) is 5.12. The monoisotopic (exact) mass is 330 g/mol. The molecule has 5 rings (SSSR count). The van der Waals surface area contributed by atoms with E-state index in [0.29, 0.717) is 0 Å². The van der Waals surface area contributed by atoms with Crippen LogP contribution in [0.3, 0.4) is 0 Å². The first-order valence-electron chi connectivity index (χ1n) is 9.26. The number of rotatable bonds is 0. The van der Waals surface area contributed by atoms with Crippen molar-refractivity contribution in [1.82, 2.24) is 0 Å². The van der Waals surface area contributed by atoms with Crippen LogP contribution in [0.5, 0.6) is 0 Å². The number of hydrogen-bond acceptors (Lipinski definition) is 2. The molecule has 1 atom stereocenters. The molecular weight excluding hydrogens is 304 g/mol. The van der Waals surface area contributed by atoms with Gasteiger partial charge in [0.2, 0.25) is 0 Å². The fourth-order valence-electron chi connectivity index (χ4n) is 5.24. The summed E-state index contributed by atoms with van der Waals surface area (Å²) in [5.41, 5.74) is 7.22. The highest BCUT2D eigenvalue weighted by atomic mass is 15.4. The van der Waals surface area contributed by atoms with Crippen molar-refractivity contribution < 1.29 is 0 Å². The summed E-state index contributed by atoms with van der Waals surface area (Å²) in [6.45, 7) is 12.9. The van der Waals surface area contributed by atoms with Crippen LogP contribution in [0.1, 0.15) is 45.7 Å². The summed E-state index contributed by atoms with van der Waals surface area (Å²) >= 11 is 0. The summed E-state index contributed by atoms with van der Waals surface area (Å²) in [6, 6.07) is 17.8. The molecule has 2 aromatic rings. The standard InChI is InChI=1S/C23H26N2/c1-21(2)16-10-6-8-12-18(16)24-15-25-19-13-9-7-11-17(19)22(3,4)23(25,5)14-20(21)24/h6-14H,15H2,1-5H3. The van der Waals surface area contributed by atoms with Crippen LogP contribution in [0.25, 0.3) is 0 Å². The van der Waals surface area contributed by atoms with E-state index in [1.807, 2.05) is 0 Å². The van der Waals surface area contributed by atoms with Crippen LogP contribution in [0.4, 0.5) is 11.4 Å². The first-order valence-corrected chi connectivity index (χ1v) is 9.26. The Morgan fingerprint density at radius 3 is 2.08 bits per heavy atom. The van der Waals surface area contributed by atoms with E-state index >= 15 is 0 Å². The van der Waals surface area contributed by atoms with Crippen LogP contribution in [-0.2, 0) is 10.8 Å². The molecule has 0 N–H and O–H groups in total. The maximum atomic E-state index is 2.60. The van der Waals surface area contributed by atoms with Crippen molar-refractivity contribution in [3.63, 3.8) is 0 Å². The van der Waals surface area contributed by atoms with Gasteiger partial charge in [0.25, 0.3) is 0 Å². The van der Waals surface area contributed by atoms with Crippen LogP contribution in [-0.4, -0.2) is 12.2 Å². The molecule has 128 valence electrons. The highest BCUT2D eigenvalue weighted by Gasteiger charge is 2.57. The normalized spacial score (nSPS) is 27.3. The minimum Gasteiger partial charge on any atom is -0.343 e. The quantitative estimate of drug-likeness (QED) is 0.655. The largest absolute Gasteiger partial charge is 0.343 e. The highest BCUT2D eigenvalue weighted by molar-refractivity contribution is 5.77. The predicted octanol–water partition coefficient (Wildman–Crippen LogP) is 5.20. The van der Waals surface area contributed by atoms with Gasteiger partial charge in [0.1, 0.15) is 0 Å². The second kappa shape index (κ2) is 4.30. The smallest absolute Gasteiger partial charge is 0.0957 e. The number of allylic oxidation sites excluding steroid dienone is 1. The number of benzene rings is 2. The second-order valence-electron chi connectivity index (χ2n) is 8.96. The molecule has 3 aliphatic rings. The van der Waals surface area contributed by atoms with Gasteiger partial charge in [0.05, 0.1) is 12.2 Å². The number of hydrogen-bond donors (Lipinski definition) is 0. The lowest BCUT2D eigenvalue weighted by molar-refractivity contribution is 0.335. The molecule has 0 fully saturated rings. The first-order chi connectivity index (χ1) is 11.8. The number of para-hydroxylation sites is 2. The molecule has 25 heavy (non-hydrogen) atoms. The van der Waals surface area contributed by atoms with Gasteiger partial charge in [0, 0.05) is 27.9 Å². The third kappa shape index (κ3) is 1.57. The molecular formula is C23H26N2. The summed E-state index contributed by atoms with van der Waals surface area (Å²) in [6.07, 6.45) is 2.55. The van der Waals surface area contributed by atoms with Crippen LogP contribution < -0.4 is 9.80 Å². The Kier molecular flexibility index (Phi) is 2.59. The minimum atomic E-state index is -0.0121. The molecule has 2 nitrogen and oxygen atoms in total. The van der Waals surface area contributed by atoms with E-state index in [9.17, 15) is 0 Å². The molecule has 0 saturated carbocycles. The van der Waals surface area contributed by atoms with Gasteiger partial charge in [-0.25, -0.2) is 0 Å². The summed E-state index contributed by atoms with van der Waals surface area (Å²) in [7, 11) is 0. The molecule has 0 amide bonds. The SMILES string of the molecule is CC1(C)C2=CC3(C)N(CN2c2ccccc21)c1ccccc1C3(C)C. The molecule has 1 unspecified atom stereocenters. The predicted molar refractivity (Wildman–Crippen MR) is 105 cm³/mol. The highest BCUT2D eigenvalue weighted by Crippen LogP contribution is 2.58. The Hall–Kier alpha value is -2.22. The zero-order chi connectivity index (χ0) is 17.6. The van der Waals surface area contributed by atoms with Crippen molar-refractivity contribution in [3.05, 3.63) is 71.4 Å². The fourth-order valence-corrected chi connectivity index (χ4v) is 5.24. The van der Waals surface area contributed by atoms with E-state index in [2.05, 4.69) is 99.0 Å². The van der Waals surface area contributed by atoms with Gasteiger partial charge in [-0.05, 0) is 36.3 Å². The van der Waals surface area contributed by atoms with Crippen molar-refractivity contribution in [2.45, 2.75) is 51.0 Å². The Morgan fingerprint density at radius 1 is 0.760 bits per heavy atom. The fraction of sp³-hybridized carbons (Fsp3) is 0.391. The second-order valence-corrected chi connectivity index (χ2v) is 8.96. The first kappa shape index (κ1) is 15.1. The van der Waals surface area contributed by atoms with Crippen LogP contribution >= 0.6 is 0 Å². The van der Waals surface area contributed by atoms with Crippen molar-refractivity contribution >= 4 is 11.4 Å². The Balaban J connectivity index is 1.77. The van der Waals surface area contributed by atoms with E-state index in [4.69, 9.17) is 0 Å². The van der Waals surface area contributed by atoms with Gasteiger partial charge < -0.3 is 9.80 Å². The molecule has 0 aromatic heterocycles. The Labute approximate surface area is 150 Å². The Morgan fingerprint density at radius 2 is 1.36 bits per heavy atom. The summed E-state index contributed by atoms with van der Waals surface area (Å²) in [5.74, 6) is 0. The topological polar surface area (TPSA) is 6.48 Å². The third-order valence-electron chi connectivity index (χ3n) is 7.19. The van der Waals surface area contributed by atoms with Gasteiger partial charge >= 0.3 is 0 Å². The zero-order valence-electron chi connectivity index (χ0n) is 15.8. The molecule has 0 aliphatic carbocycles. The average molecular weight is 330 g/mol. The minimum absolute atomic E-state index is 0.0121. The molecule has 0 radical (unpaired) electrons. The van der Waals surface area contributed by atoms with Gasteiger partial charge in [-0.15, -0.1) is 0 Å². The maximum Gasteiger partial charge on any atom is 0.0957 e. The molecule has 3 heterocycles. The van der Waals surface area contributed by atoms with E-state index in [-0.39, 0.29) is 16.4 Å². The maximum absolute atomic E-state index is 2.60.